The van der Waals surface area contributed by atoms with Gasteiger partial charge in [0.15, 0.2) is 11.2 Å². The highest BCUT2D eigenvalue weighted by Gasteiger charge is 2.21. The maximum Gasteiger partial charge on any atom is 0.330 e. The van der Waals surface area contributed by atoms with E-state index in [0.717, 1.165) is 25.7 Å². The van der Waals surface area contributed by atoms with Gasteiger partial charge >= 0.3 is 5.69 Å². The molecule has 7 heteroatoms. The standard InChI is InChI=1S/C11H13ClN4O2/c12-10-13-7-8(14-10)16(11(18)15-9(7)17)6-4-2-1-3-5-6/h6H,1-5H2,(H,13,14)(H,15,17,18). The molecule has 0 bridgehead atoms. The van der Waals surface area contributed by atoms with Crippen LogP contribution in [0.25, 0.3) is 11.2 Å². The highest BCUT2D eigenvalue weighted by atomic mass is 35.5. The topological polar surface area (TPSA) is 83.5 Å². The Bertz CT molecular complexity index is 693. The molecule has 1 aliphatic rings. The molecule has 2 aromatic heterocycles. The molecule has 2 aromatic rings. The summed E-state index contributed by atoms with van der Waals surface area (Å²) >= 11 is 5.78. The Morgan fingerprint density at radius 1 is 1.17 bits per heavy atom. The van der Waals surface area contributed by atoms with E-state index in [9.17, 15) is 9.59 Å². The Morgan fingerprint density at radius 3 is 2.61 bits per heavy atom. The Kier molecular flexibility index (Phi) is 2.74. The maximum atomic E-state index is 12.0. The van der Waals surface area contributed by atoms with Crippen molar-refractivity contribution in [3.63, 3.8) is 0 Å². The van der Waals surface area contributed by atoms with Crippen LogP contribution in [-0.4, -0.2) is 19.5 Å². The van der Waals surface area contributed by atoms with Crippen molar-refractivity contribution in [2.45, 2.75) is 38.1 Å². The zero-order valence-corrected chi connectivity index (χ0v) is 10.5. The number of halogens is 1. The van der Waals surface area contributed by atoms with Crippen molar-refractivity contribution in [1.82, 2.24) is 19.5 Å². The molecule has 1 saturated carbocycles. The Labute approximate surface area is 107 Å². The van der Waals surface area contributed by atoms with Crippen LogP contribution in [-0.2, 0) is 0 Å². The van der Waals surface area contributed by atoms with Gasteiger partial charge in [0.1, 0.15) is 0 Å². The summed E-state index contributed by atoms with van der Waals surface area (Å²) in [6.07, 6.45) is 5.25. The molecule has 0 radical (unpaired) electrons. The molecule has 0 aliphatic heterocycles. The second-order valence-corrected chi connectivity index (χ2v) is 5.01. The summed E-state index contributed by atoms with van der Waals surface area (Å²) in [4.78, 5) is 32.7. The Balaban J connectivity index is 2.26. The number of aromatic nitrogens is 4. The van der Waals surface area contributed by atoms with Crippen LogP contribution in [0.3, 0.4) is 0 Å². The predicted molar refractivity (Wildman–Crippen MR) is 68.1 cm³/mol. The van der Waals surface area contributed by atoms with Crippen LogP contribution in [0.2, 0.25) is 5.28 Å². The van der Waals surface area contributed by atoms with Gasteiger partial charge in [-0.2, -0.15) is 4.98 Å². The molecule has 1 fully saturated rings. The molecule has 6 nitrogen and oxygen atoms in total. The molecule has 3 rings (SSSR count). The number of nitrogens with zero attached hydrogens (tertiary/aromatic N) is 2. The minimum Gasteiger partial charge on any atom is -0.323 e. The van der Waals surface area contributed by atoms with E-state index in [4.69, 9.17) is 11.6 Å². The van der Waals surface area contributed by atoms with Crippen molar-refractivity contribution in [2.75, 3.05) is 0 Å². The molecule has 1 aliphatic carbocycles. The molecular formula is C11H13ClN4O2. The van der Waals surface area contributed by atoms with Gasteiger partial charge in [-0.25, -0.2) is 4.79 Å². The largest absolute Gasteiger partial charge is 0.330 e. The molecule has 18 heavy (non-hydrogen) atoms. The molecule has 96 valence electrons. The van der Waals surface area contributed by atoms with E-state index in [-0.39, 0.29) is 16.8 Å². The molecule has 0 aromatic carbocycles. The summed E-state index contributed by atoms with van der Waals surface area (Å²) in [6.45, 7) is 0. The number of nitrogens with one attached hydrogen (secondary N) is 2. The van der Waals surface area contributed by atoms with Crippen molar-refractivity contribution in [3.8, 4) is 0 Å². The number of hydrogen-bond donors (Lipinski definition) is 2. The van der Waals surface area contributed by atoms with Crippen molar-refractivity contribution in [3.05, 3.63) is 26.1 Å². The third kappa shape index (κ3) is 1.77. The smallest absolute Gasteiger partial charge is 0.323 e. The lowest BCUT2D eigenvalue weighted by Crippen LogP contribution is -2.33. The van der Waals surface area contributed by atoms with Crippen LogP contribution in [0.4, 0.5) is 0 Å². The molecule has 2 N–H and O–H groups in total. The van der Waals surface area contributed by atoms with E-state index < -0.39 is 11.2 Å². The number of hydrogen-bond acceptors (Lipinski definition) is 3. The lowest BCUT2D eigenvalue weighted by atomic mass is 9.95. The SMILES string of the molecule is O=c1[nH]c(=O)n(C2CCCCC2)c2nc(Cl)[nH]c12. The summed E-state index contributed by atoms with van der Waals surface area (Å²) in [6, 6.07) is 0.102. The molecule has 0 atom stereocenters. The minimum absolute atomic E-state index is 0.102. The first-order valence-corrected chi connectivity index (χ1v) is 6.44. The molecule has 0 spiro atoms. The zero-order valence-electron chi connectivity index (χ0n) is 9.70. The first-order valence-electron chi connectivity index (χ1n) is 6.07. The van der Waals surface area contributed by atoms with Gasteiger partial charge in [-0.3, -0.25) is 14.3 Å². The van der Waals surface area contributed by atoms with Crippen LogP contribution in [0, 0.1) is 0 Å². The molecule has 0 unspecified atom stereocenters. The van der Waals surface area contributed by atoms with E-state index >= 15 is 0 Å². The summed E-state index contributed by atoms with van der Waals surface area (Å²) in [7, 11) is 0. The number of aromatic amines is 2. The minimum atomic E-state index is -0.471. The molecular weight excluding hydrogens is 256 g/mol. The van der Waals surface area contributed by atoms with Gasteiger partial charge in [0.2, 0.25) is 5.28 Å². The van der Waals surface area contributed by atoms with E-state index in [1.807, 2.05) is 0 Å². The lowest BCUT2D eigenvalue weighted by molar-refractivity contribution is 0.349. The zero-order chi connectivity index (χ0) is 12.7. The van der Waals surface area contributed by atoms with Gasteiger partial charge in [0, 0.05) is 6.04 Å². The van der Waals surface area contributed by atoms with Gasteiger partial charge in [0.25, 0.3) is 5.56 Å². The van der Waals surface area contributed by atoms with Crippen molar-refractivity contribution < 1.29 is 0 Å². The van der Waals surface area contributed by atoms with E-state index in [1.165, 1.54) is 6.42 Å². The van der Waals surface area contributed by atoms with Gasteiger partial charge in [-0.05, 0) is 24.4 Å². The van der Waals surface area contributed by atoms with Gasteiger partial charge < -0.3 is 4.98 Å². The second-order valence-electron chi connectivity index (χ2n) is 4.65. The predicted octanol–water partition coefficient (Wildman–Crippen LogP) is 1.57. The molecule has 0 amide bonds. The Hall–Kier alpha value is -1.56. The molecule has 0 saturated heterocycles. The number of imidazole rings is 1. The fourth-order valence-electron chi connectivity index (χ4n) is 2.66. The third-order valence-corrected chi connectivity index (χ3v) is 3.67. The van der Waals surface area contributed by atoms with Gasteiger partial charge in [-0.1, -0.05) is 19.3 Å². The Morgan fingerprint density at radius 2 is 1.89 bits per heavy atom. The van der Waals surface area contributed by atoms with Crippen LogP contribution < -0.4 is 11.2 Å². The van der Waals surface area contributed by atoms with E-state index in [1.54, 1.807) is 4.57 Å². The number of fused-ring (bicyclic) bond motifs is 1. The summed E-state index contributed by atoms with van der Waals surface area (Å²) in [5, 5.41) is 0.130. The maximum absolute atomic E-state index is 12.0. The highest BCUT2D eigenvalue weighted by Crippen LogP contribution is 2.28. The van der Waals surface area contributed by atoms with Crippen molar-refractivity contribution >= 4 is 22.8 Å². The van der Waals surface area contributed by atoms with E-state index in [0.29, 0.717) is 5.65 Å². The van der Waals surface area contributed by atoms with Gasteiger partial charge in [0.05, 0.1) is 0 Å². The highest BCUT2D eigenvalue weighted by molar-refractivity contribution is 6.28. The van der Waals surface area contributed by atoms with Crippen LogP contribution in [0.1, 0.15) is 38.1 Å². The van der Waals surface area contributed by atoms with Crippen LogP contribution in [0.5, 0.6) is 0 Å². The second kappa shape index (κ2) is 4.28. The van der Waals surface area contributed by atoms with E-state index in [2.05, 4.69) is 15.0 Å². The number of rotatable bonds is 1. The molecule has 2 heterocycles. The monoisotopic (exact) mass is 268 g/mol. The summed E-state index contributed by atoms with van der Waals surface area (Å²) < 4.78 is 1.57. The third-order valence-electron chi connectivity index (χ3n) is 3.49. The quantitative estimate of drug-likeness (QED) is 0.770. The van der Waals surface area contributed by atoms with Gasteiger partial charge in [-0.15, -0.1) is 0 Å². The van der Waals surface area contributed by atoms with Crippen molar-refractivity contribution in [1.29, 1.82) is 0 Å². The first-order chi connectivity index (χ1) is 8.66. The average Bonchev–Trinajstić information content (AvgIpc) is 2.72. The summed E-state index contributed by atoms with van der Waals surface area (Å²) in [5.41, 5.74) is -0.241. The van der Waals surface area contributed by atoms with Crippen LogP contribution in [0.15, 0.2) is 9.59 Å². The fourth-order valence-corrected chi connectivity index (χ4v) is 2.84. The number of H-pyrrole nitrogens is 2. The average molecular weight is 269 g/mol. The summed E-state index contributed by atoms with van der Waals surface area (Å²) in [5.74, 6) is 0. The normalized spacial score (nSPS) is 17.4. The fraction of sp³-hybridized carbons (Fsp3) is 0.545. The first kappa shape index (κ1) is 11.5. The van der Waals surface area contributed by atoms with Crippen molar-refractivity contribution in [2.24, 2.45) is 0 Å². The van der Waals surface area contributed by atoms with Crippen LogP contribution >= 0.6 is 11.6 Å². The lowest BCUT2D eigenvalue weighted by Gasteiger charge is -2.23.